The summed E-state index contributed by atoms with van der Waals surface area (Å²) in [6.45, 7) is 1.08. The van der Waals surface area contributed by atoms with E-state index in [1.54, 1.807) is 47.2 Å². The molecule has 0 aliphatic carbocycles. The summed E-state index contributed by atoms with van der Waals surface area (Å²) >= 11 is 0. The van der Waals surface area contributed by atoms with Gasteiger partial charge in [-0.3, -0.25) is 20.3 Å². The van der Waals surface area contributed by atoms with E-state index in [0.29, 0.717) is 5.69 Å². The maximum atomic E-state index is 11.1. The monoisotopic (exact) mass is 358 g/mol. The molecular formula is C16H18N6O4. The number of nitrogens with one attached hydrogen (secondary N) is 1. The Kier molecular flexibility index (Phi) is 7.66. The number of rotatable bonds is 5. The number of nitro groups is 1. The lowest BCUT2D eigenvalue weighted by molar-refractivity contribution is -0.384. The van der Waals surface area contributed by atoms with Crippen LogP contribution < -0.4 is 16.9 Å². The van der Waals surface area contributed by atoms with Crippen LogP contribution in [0.5, 0.6) is 0 Å². The Balaban J connectivity index is 0.000000765. The molecule has 26 heavy (non-hydrogen) atoms. The number of aromatic nitrogens is 1. The van der Waals surface area contributed by atoms with Crippen LogP contribution in [-0.4, -0.2) is 26.5 Å². The zero-order valence-corrected chi connectivity index (χ0v) is 13.9. The van der Waals surface area contributed by atoms with E-state index in [1.165, 1.54) is 12.3 Å². The molecule has 10 heteroatoms. The highest BCUT2D eigenvalue weighted by Crippen LogP contribution is 2.24. The standard InChI is InChI=1S/C14H14N6O2.C2H4O2/c15-14(16)18-17-9-3-5-11-6-4-10-19(11)12-7-1-2-8-13(12)20(21)22;1-2(3)4/h1-2,4-10,17H,(H4,15,16,18);1H3,(H,3,4). The zero-order chi connectivity index (χ0) is 19.5. The zero-order valence-electron chi connectivity index (χ0n) is 13.9. The van der Waals surface area contributed by atoms with Crippen molar-refractivity contribution in [3.8, 4) is 5.69 Å². The third-order valence-electron chi connectivity index (χ3n) is 2.69. The Morgan fingerprint density at radius 3 is 2.62 bits per heavy atom. The van der Waals surface area contributed by atoms with Crippen molar-refractivity contribution in [1.82, 2.24) is 9.99 Å². The molecule has 6 N–H and O–H groups in total. The van der Waals surface area contributed by atoms with E-state index in [1.807, 2.05) is 0 Å². The van der Waals surface area contributed by atoms with Gasteiger partial charge in [0.15, 0.2) is 0 Å². The fourth-order valence-electron chi connectivity index (χ4n) is 1.82. The van der Waals surface area contributed by atoms with Crippen LogP contribution in [0.4, 0.5) is 5.69 Å². The molecule has 0 aliphatic heterocycles. The van der Waals surface area contributed by atoms with Crippen molar-refractivity contribution in [2.45, 2.75) is 6.92 Å². The second-order valence-corrected chi connectivity index (χ2v) is 4.69. The van der Waals surface area contributed by atoms with Gasteiger partial charge in [-0.1, -0.05) is 17.9 Å². The number of hydrogen-bond acceptors (Lipinski definition) is 5. The van der Waals surface area contributed by atoms with Gasteiger partial charge in [0.1, 0.15) is 5.69 Å². The Hall–Kier alpha value is -4.04. The van der Waals surface area contributed by atoms with Gasteiger partial charge in [0.25, 0.3) is 11.7 Å². The molecule has 1 aromatic carbocycles. The average Bonchev–Trinajstić information content (AvgIpc) is 3.02. The molecule has 0 saturated heterocycles. The molecule has 0 atom stereocenters. The summed E-state index contributed by atoms with van der Waals surface area (Å²) in [5.74, 6) is -0.929. The smallest absolute Gasteiger partial charge is 0.300 e. The highest BCUT2D eigenvalue weighted by molar-refractivity contribution is 5.75. The average molecular weight is 358 g/mol. The third-order valence-corrected chi connectivity index (χ3v) is 2.69. The van der Waals surface area contributed by atoms with Crippen LogP contribution in [0.15, 0.2) is 59.6 Å². The number of carboxylic acids is 1. The van der Waals surface area contributed by atoms with Crippen LogP contribution in [0.2, 0.25) is 0 Å². The fourth-order valence-corrected chi connectivity index (χ4v) is 1.82. The lowest BCUT2D eigenvalue weighted by Gasteiger charge is -2.06. The van der Waals surface area contributed by atoms with Crippen molar-refractivity contribution >= 4 is 23.7 Å². The van der Waals surface area contributed by atoms with Gasteiger partial charge in [0, 0.05) is 25.3 Å². The highest BCUT2D eigenvalue weighted by Gasteiger charge is 2.14. The van der Waals surface area contributed by atoms with Crippen LogP contribution in [0, 0.1) is 10.1 Å². The van der Waals surface area contributed by atoms with Gasteiger partial charge in [0.2, 0.25) is 5.96 Å². The molecule has 136 valence electrons. The Bertz CT molecular complexity index is 857. The quantitative estimate of drug-likeness (QED) is 0.206. The predicted molar refractivity (Wildman–Crippen MR) is 97.2 cm³/mol. The minimum Gasteiger partial charge on any atom is -0.481 e. The lowest BCUT2D eigenvalue weighted by Crippen LogP contribution is -2.24. The van der Waals surface area contributed by atoms with E-state index in [2.05, 4.69) is 16.3 Å². The van der Waals surface area contributed by atoms with Crippen molar-refractivity contribution in [2.75, 3.05) is 0 Å². The fraction of sp³-hybridized carbons (Fsp3) is 0.0625. The molecule has 2 aromatic rings. The maximum absolute atomic E-state index is 11.1. The molecule has 0 spiro atoms. The SMILES string of the molecule is CC(=O)O.NC(N)=NNC=C=Cc1cccn1-c1ccccc1[N+](=O)[O-]. The first-order chi connectivity index (χ1) is 12.3. The molecule has 2 rings (SSSR count). The number of hydrogen-bond donors (Lipinski definition) is 4. The summed E-state index contributed by atoms with van der Waals surface area (Å²) in [6.07, 6.45) is 4.79. The van der Waals surface area contributed by atoms with Crippen LogP contribution in [0.3, 0.4) is 0 Å². The van der Waals surface area contributed by atoms with Gasteiger partial charge >= 0.3 is 0 Å². The number of aliphatic carboxylic acids is 1. The summed E-state index contributed by atoms with van der Waals surface area (Å²) < 4.78 is 1.69. The van der Waals surface area contributed by atoms with Crippen LogP contribution in [-0.2, 0) is 4.79 Å². The Morgan fingerprint density at radius 2 is 2.00 bits per heavy atom. The first-order valence-electron chi connectivity index (χ1n) is 7.18. The molecule has 0 saturated carbocycles. The summed E-state index contributed by atoms with van der Waals surface area (Å²) in [7, 11) is 0. The van der Waals surface area contributed by atoms with E-state index in [-0.39, 0.29) is 11.6 Å². The third kappa shape index (κ3) is 6.60. The van der Waals surface area contributed by atoms with E-state index in [9.17, 15) is 10.1 Å². The predicted octanol–water partition coefficient (Wildman–Crippen LogP) is 1.38. The maximum Gasteiger partial charge on any atom is 0.300 e. The number of nitrogens with zero attached hydrogens (tertiary/aromatic N) is 3. The van der Waals surface area contributed by atoms with Crippen molar-refractivity contribution in [3.05, 3.63) is 70.3 Å². The number of benzene rings is 1. The van der Waals surface area contributed by atoms with Crippen molar-refractivity contribution < 1.29 is 14.8 Å². The normalized spacial score (nSPS) is 8.96. The number of para-hydroxylation sites is 2. The lowest BCUT2D eigenvalue weighted by atomic mass is 10.2. The van der Waals surface area contributed by atoms with Gasteiger partial charge in [-0.15, -0.1) is 5.10 Å². The van der Waals surface area contributed by atoms with Crippen LogP contribution >= 0.6 is 0 Å². The molecule has 10 nitrogen and oxygen atoms in total. The van der Waals surface area contributed by atoms with Crippen molar-refractivity contribution in [3.63, 3.8) is 0 Å². The van der Waals surface area contributed by atoms with Crippen LogP contribution in [0.1, 0.15) is 12.6 Å². The number of guanidine groups is 1. The van der Waals surface area contributed by atoms with Crippen LogP contribution in [0.25, 0.3) is 11.8 Å². The number of carbonyl (C=O) groups is 1. The first kappa shape index (κ1) is 20.0. The van der Waals surface area contributed by atoms with E-state index >= 15 is 0 Å². The van der Waals surface area contributed by atoms with Gasteiger partial charge in [-0.25, -0.2) is 0 Å². The summed E-state index contributed by atoms with van der Waals surface area (Å²) in [4.78, 5) is 19.7. The molecule has 0 radical (unpaired) electrons. The van der Waals surface area contributed by atoms with Crippen molar-refractivity contribution in [1.29, 1.82) is 0 Å². The summed E-state index contributed by atoms with van der Waals surface area (Å²) in [5, 5.41) is 22.1. The van der Waals surface area contributed by atoms with Crippen molar-refractivity contribution in [2.24, 2.45) is 16.6 Å². The van der Waals surface area contributed by atoms with Gasteiger partial charge in [-0.05, 0) is 18.2 Å². The molecule has 0 bridgehead atoms. The highest BCUT2D eigenvalue weighted by atomic mass is 16.6. The van der Waals surface area contributed by atoms with Gasteiger partial charge in [-0.2, -0.15) is 0 Å². The minimum atomic E-state index is -0.833. The Morgan fingerprint density at radius 1 is 1.35 bits per heavy atom. The first-order valence-corrected chi connectivity index (χ1v) is 7.18. The number of nitrogens with two attached hydrogens (primary N) is 2. The number of nitro benzene ring substituents is 1. The molecule has 0 unspecified atom stereocenters. The van der Waals surface area contributed by atoms with E-state index in [4.69, 9.17) is 21.4 Å². The molecular weight excluding hydrogens is 340 g/mol. The second-order valence-electron chi connectivity index (χ2n) is 4.69. The molecule has 0 fully saturated rings. The number of hydrazone groups is 1. The minimum absolute atomic E-state index is 0.0240. The molecule has 1 aromatic heterocycles. The topological polar surface area (TPSA) is 162 Å². The second kappa shape index (κ2) is 9.96. The summed E-state index contributed by atoms with van der Waals surface area (Å²) in [5.41, 5.74) is 16.8. The molecule has 0 aliphatic rings. The summed E-state index contributed by atoms with van der Waals surface area (Å²) in [6, 6.07) is 10.1. The van der Waals surface area contributed by atoms with Gasteiger partial charge < -0.3 is 21.1 Å². The Labute approximate surface area is 148 Å². The molecule has 1 heterocycles. The van der Waals surface area contributed by atoms with E-state index in [0.717, 1.165) is 12.6 Å². The number of carboxylic acid groups (broad SMARTS) is 1. The molecule has 0 amide bonds. The van der Waals surface area contributed by atoms with Gasteiger partial charge in [0.05, 0.1) is 16.8 Å². The largest absolute Gasteiger partial charge is 0.481 e. The van der Waals surface area contributed by atoms with E-state index < -0.39 is 10.9 Å².